The Kier molecular flexibility index (Phi) is 12.1. The quantitative estimate of drug-likeness (QED) is 0.148. The average molecular weight is 468 g/mol. The van der Waals surface area contributed by atoms with E-state index in [1.165, 1.54) is 0 Å². The van der Waals surface area contributed by atoms with Crippen molar-refractivity contribution in [2.24, 2.45) is 0 Å². The second kappa shape index (κ2) is 13.4. The largest absolute Gasteiger partial charge is 0.534 e. The molecule has 0 bridgehead atoms. The minimum atomic E-state index is -5.74. The first-order valence-corrected chi connectivity index (χ1v) is 10.7. The van der Waals surface area contributed by atoms with Gasteiger partial charge < -0.3 is 27.9 Å². The highest BCUT2D eigenvalue weighted by atomic mass is 32.2. The molecule has 8 nitrogen and oxygen atoms in total. The lowest BCUT2D eigenvalue weighted by Gasteiger charge is -2.28. The highest BCUT2D eigenvalue weighted by Crippen LogP contribution is 2.35. The number of halogens is 4. The second-order valence-electron chi connectivity index (χ2n) is 6.39. The smallest absolute Gasteiger partial charge is 0.382 e. The van der Waals surface area contributed by atoms with Crippen molar-refractivity contribution < 1.29 is 53.8 Å². The molecule has 1 atom stereocenters. The number of rotatable bonds is 16. The van der Waals surface area contributed by atoms with E-state index in [1.807, 2.05) is 0 Å². The molecule has 0 heterocycles. The summed E-state index contributed by atoms with van der Waals surface area (Å²) >= 11 is 0. The van der Waals surface area contributed by atoms with E-state index in [0.717, 1.165) is 6.08 Å². The molecule has 1 rings (SSSR count). The number of alkyl halides is 4. The van der Waals surface area contributed by atoms with Gasteiger partial charge in [-0.1, -0.05) is 0 Å². The maximum atomic E-state index is 14.6. The number of allylic oxidation sites excluding steroid dienone is 2. The normalized spacial score (nSPS) is 20.2. The van der Waals surface area contributed by atoms with Crippen LogP contribution in [-0.4, -0.2) is 86.2 Å². The van der Waals surface area contributed by atoms with Crippen molar-refractivity contribution in [3.63, 3.8) is 0 Å². The molecule has 0 aliphatic heterocycles. The SMILES string of the molecule is COCCOCCOCCOCCOCC1(F)CC=C(OS(=O)(=O)C(F)(F)F)CC1. The molecule has 1 aliphatic carbocycles. The Morgan fingerprint density at radius 2 is 1.43 bits per heavy atom. The van der Waals surface area contributed by atoms with Crippen molar-refractivity contribution in [3.05, 3.63) is 11.8 Å². The van der Waals surface area contributed by atoms with Crippen molar-refractivity contribution >= 4 is 10.1 Å². The van der Waals surface area contributed by atoms with Gasteiger partial charge in [0.25, 0.3) is 0 Å². The lowest BCUT2D eigenvalue weighted by Crippen LogP contribution is -2.33. The third-order valence-electron chi connectivity index (χ3n) is 3.92. The van der Waals surface area contributed by atoms with Crippen molar-refractivity contribution in [2.75, 3.05) is 66.6 Å². The molecule has 0 aromatic heterocycles. The summed E-state index contributed by atoms with van der Waals surface area (Å²) in [5.74, 6) is -0.423. The van der Waals surface area contributed by atoms with Gasteiger partial charge in [-0.2, -0.15) is 21.6 Å². The molecule has 0 N–H and O–H groups in total. The minimum Gasteiger partial charge on any atom is -0.382 e. The van der Waals surface area contributed by atoms with Crippen LogP contribution in [0.4, 0.5) is 17.6 Å². The fraction of sp³-hybridized carbons (Fsp3) is 0.882. The van der Waals surface area contributed by atoms with E-state index in [4.69, 9.17) is 23.7 Å². The summed E-state index contributed by atoms with van der Waals surface area (Å²) < 4.78 is 103. The van der Waals surface area contributed by atoms with E-state index in [-0.39, 0.29) is 39.1 Å². The minimum absolute atomic E-state index is 0.126. The Bertz CT molecular complexity index is 611. The Hall–Kier alpha value is -0.990. The fourth-order valence-corrected chi connectivity index (χ4v) is 2.83. The Morgan fingerprint density at radius 3 is 1.87 bits per heavy atom. The Labute approximate surface area is 173 Å². The molecule has 0 saturated carbocycles. The number of ether oxygens (including phenoxy) is 5. The van der Waals surface area contributed by atoms with Gasteiger partial charge in [0.05, 0.1) is 59.5 Å². The molecule has 0 saturated heterocycles. The van der Waals surface area contributed by atoms with E-state index in [1.54, 1.807) is 7.11 Å². The summed E-state index contributed by atoms with van der Waals surface area (Å²) in [5.41, 5.74) is -7.33. The maximum absolute atomic E-state index is 14.6. The predicted octanol–water partition coefficient (Wildman–Crippen LogP) is 2.34. The van der Waals surface area contributed by atoms with Gasteiger partial charge >= 0.3 is 15.6 Å². The highest BCUT2D eigenvalue weighted by molar-refractivity contribution is 7.87. The van der Waals surface area contributed by atoms with Gasteiger partial charge in [0.15, 0.2) is 0 Å². The van der Waals surface area contributed by atoms with Crippen LogP contribution in [0.25, 0.3) is 0 Å². The standard InChI is InChI=1S/C17H28F4O8S/c1-24-6-7-25-8-9-26-10-11-27-12-13-28-14-16(18)4-2-15(3-5-16)29-30(22,23)17(19,20)21/h2H,3-14H2,1H3. The number of hydrogen-bond acceptors (Lipinski definition) is 8. The molecule has 0 fully saturated rings. The van der Waals surface area contributed by atoms with E-state index < -0.39 is 27.1 Å². The molecule has 1 aliphatic rings. The second-order valence-corrected chi connectivity index (χ2v) is 7.93. The lowest BCUT2D eigenvalue weighted by atomic mass is 9.91. The zero-order valence-electron chi connectivity index (χ0n) is 16.7. The highest BCUT2D eigenvalue weighted by Gasteiger charge is 2.49. The summed E-state index contributed by atoms with van der Waals surface area (Å²) in [4.78, 5) is 0. The van der Waals surface area contributed by atoms with Gasteiger partial charge in [0.2, 0.25) is 0 Å². The van der Waals surface area contributed by atoms with Gasteiger partial charge in [-0.3, -0.25) is 0 Å². The van der Waals surface area contributed by atoms with Crippen LogP contribution in [-0.2, 0) is 38.0 Å². The summed E-state index contributed by atoms with van der Waals surface area (Å²) in [6.45, 7) is 2.66. The topological polar surface area (TPSA) is 89.5 Å². The van der Waals surface area contributed by atoms with E-state index in [2.05, 4.69) is 4.18 Å². The third kappa shape index (κ3) is 10.9. The first-order valence-electron chi connectivity index (χ1n) is 9.28. The van der Waals surface area contributed by atoms with Crippen LogP contribution < -0.4 is 0 Å². The Morgan fingerprint density at radius 1 is 0.933 bits per heavy atom. The summed E-state index contributed by atoms with van der Waals surface area (Å²) in [5, 5.41) is 0. The number of hydrogen-bond donors (Lipinski definition) is 0. The van der Waals surface area contributed by atoms with Crippen LogP contribution >= 0.6 is 0 Å². The summed E-state index contributed by atoms with van der Waals surface area (Å²) in [6.07, 6.45) is 0.200. The average Bonchev–Trinajstić information content (AvgIpc) is 2.66. The first kappa shape index (κ1) is 27.0. The van der Waals surface area contributed by atoms with E-state index in [9.17, 15) is 26.0 Å². The van der Waals surface area contributed by atoms with E-state index in [0.29, 0.717) is 39.6 Å². The van der Waals surface area contributed by atoms with Gasteiger partial charge in [-0.05, 0) is 12.5 Å². The molecule has 0 amide bonds. The van der Waals surface area contributed by atoms with Crippen LogP contribution in [0, 0.1) is 0 Å². The van der Waals surface area contributed by atoms with Crippen LogP contribution in [0.1, 0.15) is 19.3 Å². The predicted molar refractivity (Wildman–Crippen MR) is 97.0 cm³/mol. The summed E-state index contributed by atoms with van der Waals surface area (Å²) in [7, 11) is -4.15. The lowest BCUT2D eigenvalue weighted by molar-refractivity contribution is -0.0531. The third-order valence-corrected chi connectivity index (χ3v) is 4.92. The molecule has 178 valence electrons. The number of methoxy groups -OCH3 is 1. The van der Waals surface area contributed by atoms with Crippen LogP contribution in [0.15, 0.2) is 11.8 Å². The Balaban J connectivity index is 2.08. The van der Waals surface area contributed by atoms with Gasteiger partial charge in [-0.25, -0.2) is 4.39 Å². The maximum Gasteiger partial charge on any atom is 0.534 e. The van der Waals surface area contributed by atoms with Gasteiger partial charge in [-0.15, -0.1) is 0 Å². The van der Waals surface area contributed by atoms with Crippen molar-refractivity contribution in [3.8, 4) is 0 Å². The van der Waals surface area contributed by atoms with Crippen LogP contribution in [0.5, 0.6) is 0 Å². The molecule has 1 unspecified atom stereocenters. The summed E-state index contributed by atoms with van der Waals surface area (Å²) in [6, 6.07) is 0. The monoisotopic (exact) mass is 468 g/mol. The molecule has 13 heteroatoms. The van der Waals surface area contributed by atoms with Crippen molar-refractivity contribution in [2.45, 2.75) is 30.4 Å². The van der Waals surface area contributed by atoms with Crippen LogP contribution in [0.2, 0.25) is 0 Å². The first-order chi connectivity index (χ1) is 14.1. The van der Waals surface area contributed by atoms with Crippen LogP contribution in [0.3, 0.4) is 0 Å². The molecular formula is C17H28F4O8S. The molecule has 0 radical (unpaired) electrons. The van der Waals surface area contributed by atoms with Crippen molar-refractivity contribution in [1.29, 1.82) is 0 Å². The van der Waals surface area contributed by atoms with E-state index >= 15 is 0 Å². The molecule has 30 heavy (non-hydrogen) atoms. The molecule has 0 aromatic rings. The molecular weight excluding hydrogens is 440 g/mol. The zero-order chi connectivity index (χ0) is 22.5. The van der Waals surface area contributed by atoms with Gasteiger partial charge in [0.1, 0.15) is 11.4 Å². The molecule has 0 spiro atoms. The molecule has 0 aromatic carbocycles. The van der Waals surface area contributed by atoms with Crippen molar-refractivity contribution in [1.82, 2.24) is 0 Å². The fourth-order valence-electron chi connectivity index (χ4n) is 2.30. The van der Waals surface area contributed by atoms with Gasteiger partial charge in [0, 0.05) is 20.0 Å². The zero-order valence-corrected chi connectivity index (χ0v) is 17.6.